The average Bonchev–Trinajstić information content (AvgIpc) is 3.21. The third-order valence-corrected chi connectivity index (χ3v) is 5.48. The normalized spacial score (nSPS) is 14.6. The fourth-order valence-corrected chi connectivity index (χ4v) is 3.72. The van der Waals surface area contributed by atoms with E-state index in [-0.39, 0.29) is 11.6 Å². The SMILES string of the molecule is Cc1cc(/C=C2/NC(=O)N(C)C2=O)c(C)n1-c1ccc(OCc2ccccc2C#N)cc1. The van der Waals surface area contributed by atoms with E-state index in [4.69, 9.17) is 4.74 Å². The van der Waals surface area contributed by atoms with Crippen molar-refractivity contribution >= 4 is 18.0 Å². The van der Waals surface area contributed by atoms with Crippen LogP contribution in [0.15, 0.2) is 60.3 Å². The predicted molar refractivity (Wildman–Crippen MR) is 120 cm³/mol. The third-order valence-electron chi connectivity index (χ3n) is 5.48. The van der Waals surface area contributed by atoms with Crippen molar-refractivity contribution in [3.05, 3.63) is 88.4 Å². The zero-order valence-corrected chi connectivity index (χ0v) is 18.0. The molecule has 1 N–H and O–H groups in total. The molecule has 32 heavy (non-hydrogen) atoms. The van der Waals surface area contributed by atoms with Crippen LogP contribution in [-0.4, -0.2) is 28.5 Å². The first-order valence-electron chi connectivity index (χ1n) is 10.1. The first-order chi connectivity index (χ1) is 15.4. The van der Waals surface area contributed by atoms with Gasteiger partial charge in [0.2, 0.25) is 0 Å². The molecule has 0 atom stereocenters. The van der Waals surface area contributed by atoms with Gasteiger partial charge in [-0.15, -0.1) is 0 Å². The number of aromatic nitrogens is 1. The number of hydrogen-bond donors (Lipinski definition) is 1. The van der Waals surface area contributed by atoms with Gasteiger partial charge in [-0.2, -0.15) is 5.26 Å². The lowest BCUT2D eigenvalue weighted by Crippen LogP contribution is -2.25. The van der Waals surface area contributed by atoms with Gasteiger partial charge in [-0.3, -0.25) is 9.69 Å². The largest absolute Gasteiger partial charge is 0.489 e. The van der Waals surface area contributed by atoms with Gasteiger partial charge >= 0.3 is 6.03 Å². The molecule has 0 radical (unpaired) electrons. The van der Waals surface area contributed by atoms with E-state index < -0.39 is 6.03 Å². The summed E-state index contributed by atoms with van der Waals surface area (Å²) in [5, 5.41) is 11.8. The first kappa shape index (κ1) is 20.9. The number of carbonyl (C=O) groups excluding carboxylic acids is 2. The maximum atomic E-state index is 12.2. The average molecular weight is 426 g/mol. The van der Waals surface area contributed by atoms with Gasteiger partial charge in [0.15, 0.2) is 0 Å². The van der Waals surface area contributed by atoms with Crippen LogP contribution in [0.5, 0.6) is 5.75 Å². The number of urea groups is 1. The number of ether oxygens (including phenoxy) is 1. The van der Waals surface area contributed by atoms with Gasteiger partial charge in [0.05, 0.1) is 11.6 Å². The number of nitrogens with one attached hydrogen (secondary N) is 1. The highest BCUT2D eigenvalue weighted by atomic mass is 16.5. The van der Waals surface area contributed by atoms with Crippen LogP contribution < -0.4 is 10.1 Å². The molecule has 3 amide bonds. The molecule has 0 saturated carbocycles. The molecule has 0 spiro atoms. The molecular weight excluding hydrogens is 404 g/mol. The Kier molecular flexibility index (Phi) is 5.52. The number of amides is 3. The first-order valence-corrected chi connectivity index (χ1v) is 10.1. The summed E-state index contributed by atoms with van der Waals surface area (Å²) in [5.74, 6) is 0.355. The Morgan fingerprint density at radius 3 is 2.47 bits per heavy atom. The van der Waals surface area contributed by atoms with Crippen molar-refractivity contribution in [1.29, 1.82) is 5.26 Å². The van der Waals surface area contributed by atoms with Crippen molar-refractivity contribution < 1.29 is 14.3 Å². The van der Waals surface area contributed by atoms with E-state index in [0.29, 0.717) is 17.9 Å². The Balaban J connectivity index is 1.54. The molecule has 7 heteroatoms. The highest BCUT2D eigenvalue weighted by molar-refractivity contribution is 6.13. The Bertz CT molecular complexity index is 1280. The summed E-state index contributed by atoms with van der Waals surface area (Å²) >= 11 is 0. The van der Waals surface area contributed by atoms with Crippen LogP contribution in [0.4, 0.5) is 4.79 Å². The van der Waals surface area contributed by atoms with Gasteiger partial charge in [-0.05, 0) is 61.9 Å². The lowest BCUT2D eigenvalue weighted by molar-refractivity contribution is -0.121. The van der Waals surface area contributed by atoms with Crippen molar-refractivity contribution in [2.75, 3.05) is 7.05 Å². The molecule has 1 saturated heterocycles. The topological polar surface area (TPSA) is 87.4 Å². The molecule has 1 aliphatic rings. The molecule has 1 fully saturated rings. The van der Waals surface area contributed by atoms with Crippen LogP contribution in [0.3, 0.4) is 0 Å². The van der Waals surface area contributed by atoms with Crippen molar-refractivity contribution in [2.24, 2.45) is 0 Å². The second-order valence-corrected chi connectivity index (χ2v) is 7.57. The number of rotatable bonds is 5. The second kappa shape index (κ2) is 8.44. The minimum Gasteiger partial charge on any atom is -0.489 e. The van der Waals surface area contributed by atoms with Gasteiger partial charge < -0.3 is 14.6 Å². The van der Waals surface area contributed by atoms with Crippen molar-refractivity contribution in [2.45, 2.75) is 20.5 Å². The molecular formula is C25H22N4O3. The molecule has 1 aliphatic heterocycles. The van der Waals surface area contributed by atoms with Crippen LogP contribution in [0.25, 0.3) is 11.8 Å². The van der Waals surface area contributed by atoms with E-state index in [1.54, 1.807) is 12.1 Å². The molecule has 2 heterocycles. The Morgan fingerprint density at radius 1 is 1.09 bits per heavy atom. The third kappa shape index (κ3) is 3.86. The highest BCUT2D eigenvalue weighted by Crippen LogP contribution is 2.25. The van der Waals surface area contributed by atoms with E-state index >= 15 is 0 Å². The summed E-state index contributed by atoms with van der Waals surface area (Å²) in [6.45, 7) is 4.27. The van der Waals surface area contributed by atoms with E-state index in [1.807, 2.05) is 62.4 Å². The lowest BCUT2D eigenvalue weighted by atomic mass is 10.1. The molecule has 0 unspecified atom stereocenters. The molecule has 0 aliphatic carbocycles. The Morgan fingerprint density at radius 2 is 1.81 bits per heavy atom. The minimum atomic E-state index is -0.428. The molecule has 160 valence electrons. The molecule has 0 bridgehead atoms. The minimum absolute atomic E-state index is 0.263. The van der Waals surface area contributed by atoms with E-state index in [9.17, 15) is 14.9 Å². The van der Waals surface area contributed by atoms with Gasteiger partial charge in [-0.25, -0.2) is 4.79 Å². The van der Waals surface area contributed by atoms with Gasteiger partial charge in [0, 0.05) is 29.7 Å². The summed E-state index contributed by atoms with van der Waals surface area (Å²) in [4.78, 5) is 24.9. The molecule has 2 aromatic carbocycles. The molecule has 7 nitrogen and oxygen atoms in total. The fourth-order valence-electron chi connectivity index (χ4n) is 3.72. The smallest absolute Gasteiger partial charge is 0.328 e. The summed E-state index contributed by atoms with van der Waals surface area (Å²) < 4.78 is 7.94. The zero-order chi connectivity index (χ0) is 22.8. The lowest BCUT2D eigenvalue weighted by Gasteiger charge is -2.12. The van der Waals surface area contributed by atoms with Gasteiger partial charge in [0.1, 0.15) is 18.1 Å². The molecule has 4 rings (SSSR count). The maximum absolute atomic E-state index is 12.2. The number of nitrogens with zero attached hydrogens (tertiary/aromatic N) is 3. The molecule has 1 aromatic heterocycles. The van der Waals surface area contributed by atoms with Gasteiger partial charge in [-0.1, -0.05) is 18.2 Å². The van der Waals surface area contributed by atoms with Crippen LogP contribution in [0, 0.1) is 25.2 Å². The maximum Gasteiger partial charge on any atom is 0.328 e. The van der Waals surface area contributed by atoms with E-state index in [0.717, 1.165) is 33.1 Å². The monoisotopic (exact) mass is 426 g/mol. The van der Waals surface area contributed by atoms with Gasteiger partial charge in [0.25, 0.3) is 5.91 Å². The number of aryl methyl sites for hydroxylation is 1. The number of nitriles is 1. The number of carbonyl (C=O) groups is 2. The number of benzene rings is 2. The zero-order valence-electron chi connectivity index (χ0n) is 18.0. The van der Waals surface area contributed by atoms with Crippen molar-refractivity contribution in [1.82, 2.24) is 14.8 Å². The second-order valence-electron chi connectivity index (χ2n) is 7.57. The standard InChI is InChI=1S/C25H22N4O3/c1-16-12-20(13-23-24(30)28(3)25(31)27-23)17(2)29(16)21-8-10-22(11-9-21)32-15-19-7-5-4-6-18(19)14-26/h4-13H,15H2,1-3H3,(H,27,31)/b23-13+. The fraction of sp³-hybridized carbons (Fsp3) is 0.160. The predicted octanol–water partition coefficient (Wildman–Crippen LogP) is 4.07. The summed E-state index contributed by atoms with van der Waals surface area (Å²) in [7, 11) is 1.45. The van der Waals surface area contributed by atoms with Crippen molar-refractivity contribution in [3.63, 3.8) is 0 Å². The Hall–Kier alpha value is -4.31. The van der Waals surface area contributed by atoms with Crippen LogP contribution in [0.1, 0.15) is 28.1 Å². The molecule has 3 aromatic rings. The van der Waals surface area contributed by atoms with E-state index in [2.05, 4.69) is 16.0 Å². The highest BCUT2D eigenvalue weighted by Gasteiger charge is 2.30. The summed E-state index contributed by atoms with van der Waals surface area (Å²) in [6, 6.07) is 18.8. The van der Waals surface area contributed by atoms with Crippen LogP contribution in [-0.2, 0) is 11.4 Å². The summed E-state index contributed by atoms with van der Waals surface area (Å²) in [5.41, 5.74) is 5.46. The number of likely N-dealkylation sites (N-methyl/N-ethyl adjacent to an activating group) is 1. The summed E-state index contributed by atoms with van der Waals surface area (Å²) in [6.07, 6.45) is 1.70. The van der Waals surface area contributed by atoms with Crippen LogP contribution >= 0.6 is 0 Å². The van der Waals surface area contributed by atoms with Crippen molar-refractivity contribution in [3.8, 4) is 17.5 Å². The Labute approximate surface area is 186 Å². The van der Waals surface area contributed by atoms with E-state index in [1.165, 1.54) is 7.05 Å². The quantitative estimate of drug-likeness (QED) is 0.492. The number of imide groups is 1. The number of hydrogen-bond acceptors (Lipinski definition) is 4. The van der Waals surface area contributed by atoms with Crippen LogP contribution in [0.2, 0.25) is 0 Å².